The molecule has 0 bridgehead atoms. The molecule has 1 N–H and O–H groups in total. The molecule has 0 saturated carbocycles. The minimum atomic E-state index is -0.263. The second kappa shape index (κ2) is 7.05. The average molecular weight is 295 g/mol. The number of benzene rings is 2. The van der Waals surface area contributed by atoms with E-state index in [0.717, 1.165) is 18.7 Å². The van der Waals surface area contributed by atoms with Gasteiger partial charge in [0.25, 0.3) is 0 Å². The summed E-state index contributed by atoms with van der Waals surface area (Å²) < 4.78 is 19.4. The first-order chi connectivity index (χ1) is 10.8. The lowest BCUT2D eigenvalue weighted by Gasteiger charge is -2.03. The number of hydrogen-bond acceptors (Lipinski definition) is 2. The summed E-state index contributed by atoms with van der Waals surface area (Å²) in [5, 5.41) is 3.34. The molecule has 0 fully saturated rings. The van der Waals surface area contributed by atoms with Crippen molar-refractivity contribution in [2.45, 2.75) is 13.0 Å². The van der Waals surface area contributed by atoms with Gasteiger partial charge in [-0.2, -0.15) is 0 Å². The van der Waals surface area contributed by atoms with E-state index in [0.29, 0.717) is 17.9 Å². The molecular formula is C19H18FNO. The van der Waals surface area contributed by atoms with Crippen molar-refractivity contribution >= 4 is 0 Å². The van der Waals surface area contributed by atoms with Crippen LogP contribution in [0.4, 0.5) is 4.39 Å². The third-order valence-electron chi connectivity index (χ3n) is 3.53. The van der Waals surface area contributed by atoms with Gasteiger partial charge in [-0.25, -0.2) is 4.39 Å². The SMILES string of the molecule is Fc1ccccc1-c1ccc(CNCCc2ccccc2)o1. The highest BCUT2D eigenvalue weighted by molar-refractivity contribution is 5.58. The van der Waals surface area contributed by atoms with Crippen molar-refractivity contribution < 1.29 is 8.81 Å². The molecule has 0 aliphatic rings. The van der Waals surface area contributed by atoms with Gasteiger partial charge in [0.15, 0.2) is 0 Å². The average Bonchev–Trinajstić information content (AvgIpc) is 3.02. The largest absolute Gasteiger partial charge is 0.460 e. The molecule has 112 valence electrons. The van der Waals surface area contributed by atoms with Crippen LogP contribution in [-0.2, 0) is 13.0 Å². The van der Waals surface area contributed by atoms with Crippen molar-refractivity contribution in [2.24, 2.45) is 0 Å². The fourth-order valence-corrected chi connectivity index (χ4v) is 2.37. The van der Waals surface area contributed by atoms with Crippen molar-refractivity contribution in [3.05, 3.63) is 83.9 Å². The number of hydrogen-bond donors (Lipinski definition) is 1. The summed E-state index contributed by atoms with van der Waals surface area (Å²) in [7, 11) is 0. The van der Waals surface area contributed by atoms with Crippen LogP contribution in [-0.4, -0.2) is 6.54 Å². The summed E-state index contributed by atoms with van der Waals surface area (Å²) in [5.74, 6) is 1.12. The Morgan fingerprint density at radius 3 is 2.45 bits per heavy atom. The third kappa shape index (κ3) is 3.62. The van der Waals surface area contributed by atoms with E-state index < -0.39 is 0 Å². The van der Waals surface area contributed by atoms with Gasteiger partial charge in [0.1, 0.15) is 17.3 Å². The maximum Gasteiger partial charge on any atom is 0.137 e. The van der Waals surface area contributed by atoms with Crippen LogP contribution in [0.3, 0.4) is 0 Å². The van der Waals surface area contributed by atoms with Crippen LogP contribution in [0.1, 0.15) is 11.3 Å². The molecule has 3 rings (SSSR count). The monoisotopic (exact) mass is 295 g/mol. The topological polar surface area (TPSA) is 25.2 Å². The highest BCUT2D eigenvalue weighted by atomic mass is 19.1. The molecule has 0 amide bonds. The van der Waals surface area contributed by atoms with Crippen molar-refractivity contribution in [2.75, 3.05) is 6.54 Å². The highest BCUT2D eigenvalue weighted by Crippen LogP contribution is 2.24. The molecule has 22 heavy (non-hydrogen) atoms. The van der Waals surface area contributed by atoms with E-state index in [2.05, 4.69) is 17.4 Å². The highest BCUT2D eigenvalue weighted by Gasteiger charge is 2.08. The summed E-state index contributed by atoms with van der Waals surface area (Å²) >= 11 is 0. The molecule has 3 aromatic rings. The van der Waals surface area contributed by atoms with Gasteiger partial charge in [0.2, 0.25) is 0 Å². The van der Waals surface area contributed by atoms with E-state index in [1.54, 1.807) is 18.2 Å². The van der Waals surface area contributed by atoms with Gasteiger partial charge >= 0.3 is 0 Å². The molecule has 0 unspecified atom stereocenters. The van der Waals surface area contributed by atoms with E-state index in [4.69, 9.17) is 4.42 Å². The van der Waals surface area contributed by atoms with Crippen LogP contribution >= 0.6 is 0 Å². The third-order valence-corrected chi connectivity index (χ3v) is 3.53. The van der Waals surface area contributed by atoms with Crippen molar-refractivity contribution in [3.8, 4) is 11.3 Å². The fourth-order valence-electron chi connectivity index (χ4n) is 2.37. The number of furan rings is 1. The summed E-state index contributed by atoms with van der Waals surface area (Å²) in [5.41, 5.74) is 1.81. The zero-order valence-electron chi connectivity index (χ0n) is 12.3. The lowest BCUT2D eigenvalue weighted by molar-refractivity contribution is 0.491. The van der Waals surface area contributed by atoms with E-state index in [-0.39, 0.29) is 5.82 Å². The zero-order chi connectivity index (χ0) is 15.2. The van der Waals surface area contributed by atoms with Crippen LogP contribution in [0.2, 0.25) is 0 Å². The van der Waals surface area contributed by atoms with Crippen LogP contribution in [0.5, 0.6) is 0 Å². The molecule has 0 spiro atoms. The van der Waals surface area contributed by atoms with Gasteiger partial charge in [0.05, 0.1) is 12.1 Å². The van der Waals surface area contributed by atoms with Gasteiger partial charge < -0.3 is 9.73 Å². The second-order valence-electron chi connectivity index (χ2n) is 5.16. The van der Waals surface area contributed by atoms with Gasteiger partial charge in [0, 0.05) is 0 Å². The van der Waals surface area contributed by atoms with Crippen molar-refractivity contribution in [3.63, 3.8) is 0 Å². The Morgan fingerprint density at radius 2 is 1.64 bits per heavy atom. The zero-order valence-corrected chi connectivity index (χ0v) is 12.3. The van der Waals surface area contributed by atoms with E-state index >= 15 is 0 Å². The predicted molar refractivity (Wildman–Crippen MR) is 86.0 cm³/mol. The van der Waals surface area contributed by atoms with Gasteiger partial charge in [-0.05, 0) is 42.8 Å². The molecule has 0 aliphatic carbocycles. The summed E-state index contributed by atoms with van der Waals surface area (Å²) in [6.07, 6.45) is 0.974. The summed E-state index contributed by atoms with van der Waals surface area (Å²) in [6.45, 7) is 1.51. The lowest BCUT2D eigenvalue weighted by atomic mass is 10.1. The summed E-state index contributed by atoms with van der Waals surface area (Å²) in [4.78, 5) is 0. The Morgan fingerprint density at radius 1 is 0.864 bits per heavy atom. The quantitative estimate of drug-likeness (QED) is 0.681. The fraction of sp³-hybridized carbons (Fsp3) is 0.158. The smallest absolute Gasteiger partial charge is 0.137 e. The Kier molecular flexibility index (Phi) is 4.66. The molecule has 0 aliphatic heterocycles. The predicted octanol–water partition coefficient (Wildman–Crippen LogP) is 4.42. The number of rotatable bonds is 6. The van der Waals surface area contributed by atoms with Crippen LogP contribution in [0.25, 0.3) is 11.3 Å². The maximum absolute atomic E-state index is 13.7. The molecule has 2 aromatic carbocycles. The summed E-state index contributed by atoms with van der Waals surface area (Å²) in [6, 6.07) is 20.7. The maximum atomic E-state index is 13.7. The molecule has 2 nitrogen and oxygen atoms in total. The molecule has 0 saturated heterocycles. The first kappa shape index (κ1) is 14.5. The minimum absolute atomic E-state index is 0.263. The number of halogens is 1. The first-order valence-corrected chi connectivity index (χ1v) is 7.41. The van der Waals surface area contributed by atoms with Crippen LogP contribution in [0, 0.1) is 5.82 Å². The van der Waals surface area contributed by atoms with E-state index in [9.17, 15) is 4.39 Å². The Hall–Kier alpha value is -2.39. The number of nitrogens with one attached hydrogen (secondary N) is 1. The molecule has 0 radical (unpaired) electrons. The van der Waals surface area contributed by atoms with E-state index in [1.165, 1.54) is 11.6 Å². The lowest BCUT2D eigenvalue weighted by Crippen LogP contribution is -2.16. The molecular weight excluding hydrogens is 277 g/mol. The van der Waals surface area contributed by atoms with E-state index in [1.807, 2.05) is 30.3 Å². The van der Waals surface area contributed by atoms with Crippen molar-refractivity contribution in [1.82, 2.24) is 5.32 Å². The first-order valence-electron chi connectivity index (χ1n) is 7.41. The van der Waals surface area contributed by atoms with Crippen molar-refractivity contribution in [1.29, 1.82) is 0 Å². The van der Waals surface area contributed by atoms with Crippen LogP contribution < -0.4 is 5.32 Å². The minimum Gasteiger partial charge on any atom is -0.460 e. The van der Waals surface area contributed by atoms with Crippen LogP contribution in [0.15, 0.2) is 71.1 Å². The van der Waals surface area contributed by atoms with Gasteiger partial charge in [-0.3, -0.25) is 0 Å². The molecule has 1 aromatic heterocycles. The second-order valence-corrected chi connectivity index (χ2v) is 5.16. The normalized spacial score (nSPS) is 10.8. The standard InChI is InChI=1S/C19H18FNO/c20-18-9-5-4-8-17(18)19-11-10-16(22-19)14-21-13-12-15-6-2-1-3-7-15/h1-11,21H,12-14H2. The van der Waals surface area contributed by atoms with Gasteiger partial charge in [-0.1, -0.05) is 42.5 Å². The van der Waals surface area contributed by atoms with Gasteiger partial charge in [-0.15, -0.1) is 0 Å². The molecule has 3 heteroatoms. The molecule has 0 atom stereocenters. The Bertz CT molecular complexity index is 721. The molecule has 1 heterocycles. The Labute approximate surface area is 129 Å². The Balaban J connectivity index is 1.53.